The molecule has 0 radical (unpaired) electrons. The standard InChI is InChI=1S/C15H21N3O2/c1-9(2)8-12(16)15-17-14(18-20-15)11-7-5-6-10(3)13(11)19-4/h5-7,9,12H,8,16H2,1-4H3. The Hall–Kier alpha value is -1.88. The van der Waals surface area contributed by atoms with Crippen molar-refractivity contribution in [2.45, 2.75) is 33.2 Å². The van der Waals surface area contributed by atoms with Crippen LogP contribution < -0.4 is 10.5 Å². The van der Waals surface area contributed by atoms with Gasteiger partial charge >= 0.3 is 0 Å². The molecule has 0 aliphatic carbocycles. The molecular weight excluding hydrogens is 254 g/mol. The monoisotopic (exact) mass is 275 g/mol. The number of hydrogen-bond acceptors (Lipinski definition) is 5. The Morgan fingerprint density at radius 1 is 1.35 bits per heavy atom. The van der Waals surface area contributed by atoms with Gasteiger partial charge in [0, 0.05) is 0 Å². The topological polar surface area (TPSA) is 74.2 Å². The van der Waals surface area contributed by atoms with E-state index in [1.165, 1.54) is 0 Å². The van der Waals surface area contributed by atoms with Gasteiger partial charge in [0.05, 0.1) is 18.7 Å². The lowest BCUT2D eigenvalue weighted by Crippen LogP contribution is -2.13. The summed E-state index contributed by atoms with van der Waals surface area (Å²) in [5, 5.41) is 4.02. The molecule has 5 nitrogen and oxygen atoms in total. The lowest BCUT2D eigenvalue weighted by atomic mass is 10.0. The summed E-state index contributed by atoms with van der Waals surface area (Å²) in [6, 6.07) is 5.60. The molecular formula is C15H21N3O2. The highest BCUT2D eigenvalue weighted by atomic mass is 16.5. The first-order valence-electron chi connectivity index (χ1n) is 6.76. The summed E-state index contributed by atoms with van der Waals surface area (Å²) in [5.74, 6) is 2.23. The van der Waals surface area contributed by atoms with Crippen molar-refractivity contribution in [3.8, 4) is 17.1 Å². The second-order valence-corrected chi connectivity index (χ2v) is 5.35. The lowest BCUT2D eigenvalue weighted by molar-refractivity contribution is 0.335. The zero-order chi connectivity index (χ0) is 14.7. The number of benzene rings is 1. The smallest absolute Gasteiger partial charge is 0.243 e. The molecule has 0 aliphatic heterocycles. The highest BCUT2D eigenvalue weighted by molar-refractivity contribution is 5.66. The second-order valence-electron chi connectivity index (χ2n) is 5.35. The molecule has 1 atom stereocenters. The zero-order valence-electron chi connectivity index (χ0n) is 12.4. The number of para-hydroxylation sites is 1. The summed E-state index contributed by atoms with van der Waals surface area (Å²) in [6.07, 6.45) is 0.812. The Morgan fingerprint density at radius 2 is 2.10 bits per heavy atom. The van der Waals surface area contributed by atoms with Crippen LogP contribution in [0.2, 0.25) is 0 Å². The average molecular weight is 275 g/mol. The highest BCUT2D eigenvalue weighted by Crippen LogP contribution is 2.31. The van der Waals surface area contributed by atoms with E-state index in [1.807, 2.05) is 25.1 Å². The Balaban J connectivity index is 2.31. The van der Waals surface area contributed by atoms with Gasteiger partial charge in [0.2, 0.25) is 11.7 Å². The van der Waals surface area contributed by atoms with Crippen LogP contribution in [-0.2, 0) is 0 Å². The van der Waals surface area contributed by atoms with Gasteiger partial charge in [-0.3, -0.25) is 0 Å². The van der Waals surface area contributed by atoms with Gasteiger partial charge in [-0.25, -0.2) is 0 Å². The molecule has 108 valence electrons. The van der Waals surface area contributed by atoms with Crippen molar-refractivity contribution >= 4 is 0 Å². The zero-order valence-corrected chi connectivity index (χ0v) is 12.4. The molecule has 1 aromatic carbocycles. The highest BCUT2D eigenvalue weighted by Gasteiger charge is 2.19. The summed E-state index contributed by atoms with van der Waals surface area (Å²) >= 11 is 0. The number of nitrogens with zero attached hydrogens (tertiary/aromatic N) is 2. The minimum absolute atomic E-state index is 0.230. The average Bonchev–Trinajstić information content (AvgIpc) is 2.87. The molecule has 0 fully saturated rings. The first-order chi connectivity index (χ1) is 9.52. The molecule has 0 saturated heterocycles. The van der Waals surface area contributed by atoms with Gasteiger partial charge < -0.3 is 15.0 Å². The third-order valence-electron chi connectivity index (χ3n) is 3.14. The van der Waals surface area contributed by atoms with Crippen LogP contribution in [0.25, 0.3) is 11.4 Å². The SMILES string of the molecule is COc1c(C)cccc1-c1noc(C(N)CC(C)C)n1. The molecule has 0 saturated carbocycles. The van der Waals surface area contributed by atoms with Gasteiger partial charge in [0.15, 0.2) is 0 Å². The number of aromatic nitrogens is 2. The molecule has 1 unspecified atom stereocenters. The van der Waals surface area contributed by atoms with Crippen LogP contribution >= 0.6 is 0 Å². The van der Waals surface area contributed by atoms with Crippen LogP contribution in [0.15, 0.2) is 22.7 Å². The molecule has 20 heavy (non-hydrogen) atoms. The molecule has 0 aliphatic rings. The lowest BCUT2D eigenvalue weighted by Gasteiger charge is -2.09. The van der Waals surface area contributed by atoms with Gasteiger partial charge in [-0.15, -0.1) is 0 Å². The van der Waals surface area contributed by atoms with Gasteiger partial charge in [-0.05, 0) is 30.9 Å². The van der Waals surface area contributed by atoms with Crippen molar-refractivity contribution in [3.63, 3.8) is 0 Å². The maximum absolute atomic E-state index is 6.06. The second kappa shape index (κ2) is 6.05. The Kier molecular flexibility index (Phi) is 4.39. The van der Waals surface area contributed by atoms with Crippen molar-refractivity contribution in [1.82, 2.24) is 10.1 Å². The van der Waals surface area contributed by atoms with Crippen LogP contribution in [0.5, 0.6) is 5.75 Å². The van der Waals surface area contributed by atoms with Crippen LogP contribution in [0.3, 0.4) is 0 Å². The molecule has 0 bridgehead atoms. The van der Waals surface area contributed by atoms with Gasteiger partial charge in [0.25, 0.3) is 0 Å². The van der Waals surface area contributed by atoms with Gasteiger partial charge in [-0.2, -0.15) is 4.98 Å². The summed E-state index contributed by atoms with van der Waals surface area (Å²) in [4.78, 5) is 4.40. The van der Waals surface area contributed by atoms with E-state index >= 15 is 0 Å². The van der Waals surface area contributed by atoms with Crippen molar-refractivity contribution in [3.05, 3.63) is 29.7 Å². The minimum atomic E-state index is -0.230. The summed E-state index contributed by atoms with van der Waals surface area (Å²) < 4.78 is 10.7. The molecule has 0 amide bonds. The largest absolute Gasteiger partial charge is 0.496 e. The number of aryl methyl sites for hydroxylation is 1. The first-order valence-corrected chi connectivity index (χ1v) is 6.76. The molecule has 2 aromatic rings. The summed E-state index contributed by atoms with van der Waals surface area (Å²) in [7, 11) is 1.64. The Labute approximate surface area is 119 Å². The van der Waals surface area contributed by atoms with Crippen LogP contribution in [0.4, 0.5) is 0 Å². The summed E-state index contributed by atoms with van der Waals surface area (Å²) in [6.45, 7) is 6.20. The van der Waals surface area contributed by atoms with E-state index < -0.39 is 0 Å². The molecule has 2 rings (SSSR count). The fourth-order valence-electron chi connectivity index (χ4n) is 2.20. The van der Waals surface area contributed by atoms with Crippen LogP contribution in [0, 0.1) is 12.8 Å². The van der Waals surface area contributed by atoms with Crippen molar-refractivity contribution in [2.75, 3.05) is 7.11 Å². The molecule has 1 heterocycles. The van der Waals surface area contributed by atoms with Crippen molar-refractivity contribution < 1.29 is 9.26 Å². The molecule has 5 heteroatoms. The first kappa shape index (κ1) is 14.5. The van der Waals surface area contributed by atoms with E-state index in [9.17, 15) is 0 Å². The predicted octanol–water partition coefficient (Wildman–Crippen LogP) is 3.10. The number of rotatable bonds is 5. The summed E-state index contributed by atoms with van der Waals surface area (Å²) in [5.41, 5.74) is 7.91. The Bertz CT molecular complexity index is 578. The van der Waals surface area contributed by atoms with Crippen molar-refractivity contribution in [1.29, 1.82) is 0 Å². The maximum Gasteiger partial charge on any atom is 0.243 e. The maximum atomic E-state index is 6.06. The van der Waals surface area contributed by atoms with Gasteiger partial charge in [0.1, 0.15) is 5.75 Å². The van der Waals surface area contributed by atoms with E-state index in [0.717, 1.165) is 23.3 Å². The van der Waals surface area contributed by atoms with Crippen LogP contribution in [-0.4, -0.2) is 17.3 Å². The number of ether oxygens (including phenoxy) is 1. The quantitative estimate of drug-likeness (QED) is 0.907. The van der Waals surface area contributed by atoms with E-state index in [0.29, 0.717) is 17.6 Å². The minimum Gasteiger partial charge on any atom is -0.496 e. The normalized spacial score (nSPS) is 12.7. The van der Waals surface area contributed by atoms with Gasteiger partial charge in [-0.1, -0.05) is 31.1 Å². The molecule has 2 N–H and O–H groups in total. The van der Waals surface area contributed by atoms with E-state index in [-0.39, 0.29) is 6.04 Å². The number of nitrogens with two attached hydrogens (primary N) is 1. The van der Waals surface area contributed by atoms with E-state index in [1.54, 1.807) is 7.11 Å². The molecule has 1 aromatic heterocycles. The molecule has 0 spiro atoms. The third-order valence-corrected chi connectivity index (χ3v) is 3.14. The third kappa shape index (κ3) is 2.99. The van der Waals surface area contributed by atoms with E-state index in [4.69, 9.17) is 15.0 Å². The Morgan fingerprint density at radius 3 is 2.75 bits per heavy atom. The number of hydrogen-bond donors (Lipinski definition) is 1. The van der Waals surface area contributed by atoms with Crippen LogP contribution in [0.1, 0.15) is 37.8 Å². The van der Waals surface area contributed by atoms with Crippen molar-refractivity contribution in [2.24, 2.45) is 11.7 Å². The fourth-order valence-corrected chi connectivity index (χ4v) is 2.20. The predicted molar refractivity (Wildman–Crippen MR) is 77.4 cm³/mol. The number of methoxy groups -OCH3 is 1. The van der Waals surface area contributed by atoms with E-state index in [2.05, 4.69) is 24.0 Å². The fraction of sp³-hybridized carbons (Fsp3) is 0.467.